The molecule has 2 N–H and O–H groups in total. The summed E-state index contributed by atoms with van der Waals surface area (Å²) in [5.41, 5.74) is 1.60. The first-order valence-corrected chi connectivity index (χ1v) is 8.96. The third kappa shape index (κ3) is 3.48. The van der Waals surface area contributed by atoms with Crippen LogP contribution in [0.5, 0.6) is 0 Å². The molecule has 2 saturated heterocycles. The fourth-order valence-corrected chi connectivity index (χ4v) is 3.81. The summed E-state index contributed by atoms with van der Waals surface area (Å²) in [7, 11) is 0. The van der Waals surface area contributed by atoms with Crippen LogP contribution in [0.3, 0.4) is 0 Å². The van der Waals surface area contributed by atoms with Crippen LogP contribution in [0, 0.1) is 6.92 Å². The number of rotatable bonds is 3. The van der Waals surface area contributed by atoms with Gasteiger partial charge >= 0.3 is 0 Å². The lowest BCUT2D eigenvalue weighted by Gasteiger charge is -2.32. The van der Waals surface area contributed by atoms with Gasteiger partial charge in [0.25, 0.3) is 5.91 Å². The van der Waals surface area contributed by atoms with Crippen LogP contribution < -0.4 is 10.6 Å². The van der Waals surface area contributed by atoms with E-state index in [1.54, 1.807) is 0 Å². The predicted molar refractivity (Wildman–Crippen MR) is 95.5 cm³/mol. The number of ether oxygens (including phenoxy) is 1. The monoisotopic (exact) mass is 340 g/mol. The smallest absolute Gasteiger partial charge is 0.251 e. The third-order valence-electron chi connectivity index (χ3n) is 5.23. The van der Waals surface area contributed by atoms with Crippen molar-refractivity contribution in [1.29, 1.82) is 0 Å². The topological polar surface area (TPSA) is 63.5 Å². The number of hydrogen-bond acceptors (Lipinski definition) is 4. The van der Waals surface area contributed by atoms with Gasteiger partial charge in [0.1, 0.15) is 11.5 Å². The van der Waals surface area contributed by atoms with Crippen molar-refractivity contribution < 1.29 is 13.9 Å². The fraction of sp³-hybridized carbons (Fsp3) is 0.450. The van der Waals surface area contributed by atoms with Gasteiger partial charge in [-0.1, -0.05) is 12.1 Å². The van der Waals surface area contributed by atoms with Crippen molar-refractivity contribution >= 4 is 5.91 Å². The molecule has 1 amide bonds. The minimum atomic E-state index is -0.0400. The van der Waals surface area contributed by atoms with E-state index in [-0.39, 0.29) is 17.6 Å². The molecule has 1 atom stereocenters. The minimum Gasteiger partial charge on any atom is -0.461 e. The van der Waals surface area contributed by atoms with Gasteiger partial charge in [0.2, 0.25) is 0 Å². The molecule has 0 bridgehead atoms. The Labute approximate surface area is 147 Å². The Kier molecular flexibility index (Phi) is 4.36. The molecule has 0 radical (unpaired) electrons. The number of piperidine rings is 1. The molecule has 2 aromatic rings. The van der Waals surface area contributed by atoms with Gasteiger partial charge in [-0.25, -0.2) is 0 Å². The summed E-state index contributed by atoms with van der Waals surface area (Å²) >= 11 is 0. The molecule has 132 valence electrons. The molecule has 0 saturated carbocycles. The summed E-state index contributed by atoms with van der Waals surface area (Å²) in [5.74, 6) is 1.66. The quantitative estimate of drug-likeness (QED) is 0.902. The molecule has 4 rings (SSSR count). The maximum Gasteiger partial charge on any atom is 0.251 e. The summed E-state index contributed by atoms with van der Waals surface area (Å²) in [6.45, 7) is 4.52. The summed E-state index contributed by atoms with van der Waals surface area (Å²) < 4.78 is 11.7. The van der Waals surface area contributed by atoms with Gasteiger partial charge < -0.3 is 19.8 Å². The minimum absolute atomic E-state index is 0.0375. The molecule has 1 aromatic carbocycles. The Morgan fingerprint density at radius 3 is 2.60 bits per heavy atom. The van der Waals surface area contributed by atoms with Crippen molar-refractivity contribution in [3.8, 4) is 11.3 Å². The first-order valence-electron chi connectivity index (χ1n) is 8.96. The first kappa shape index (κ1) is 16.4. The van der Waals surface area contributed by atoms with Crippen LogP contribution in [0.1, 0.15) is 35.4 Å². The lowest BCUT2D eigenvalue weighted by molar-refractivity contribution is -0.0194. The number of carbonyl (C=O) groups excluding carboxylic acids is 1. The van der Waals surface area contributed by atoms with Crippen LogP contribution >= 0.6 is 0 Å². The molecule has 0 aliphatic carbocycles. The Hall–Kier alpha value is -2.11. The highest BCUT2D eigenvalue weighted by atomic mass is 16.5. The van der Waals surface area contributed by atoms with Crippen LogP contribution in [0.4, 0.5) is 0 Å². The van der Waals surface area contributed by atoms with Crippen molar-refractivity contribution in [3.05, 3.63) is 47.7 Å². The van der Waals surface area contributed by atoms with E-state index in [2.05, 4.69) is 10.6 Å². The molecular formula is C20H24N2O3. The number of nitrogens with one attached hydrogen (secondary N) is 2. The zero-order chi connectivity index (χ0) is 17.3. The number of aryl methyl sites for hydroxylation is 1. The highest BCUT2D eigenvalue weighted by Gasteiger charge is 2.41. The highest BCUT2D eigenvalue weighted by Crippen LogP contribution is 2.34. The molecule has 1 unspecified atom stereocenters. The second kappa shape index (κ2) is 6.65. The van der Waals surface area contributed by atoms with E-state index < -0.39 is 0 Å². The average molecular weight is 340 g/mol. The van der Waals surface area contributed by atoms with Crippen molar-refractivity contribution in [2.75, 3.05) is 19.7 Å². The molecule has 2 fully saturated rings. The molecule has 5 nitrogen and oxygen atoms in total. The van der Waals surface area contributed by atoms with E-state index in [0.717, 1.165) is 49.4 Å². The first-order chi connectivity index (χ1) is 12.1. The van der Waals surface area contributed by atoms with Crippen LogP contribution in [0.2, 0.25) is 0 Å². The van der Waals surface area contributed by atoms with Gasteiger partial charge in [-0.2, -0.15) is 0 Å². The maximum absolute atomic E-state index is 12.5. The molecule has 2 aliphatic heterocycles. The van der Waals surface area contributed by atoms with Gasteiger partial charge in [0.05, 0.1) is 18.2 Å². The normalized spacial score (nSPS) is 22.2. The van der Waals surface area contributed by atoms with E-state index in [1.165, 1.54) is 0 Å². The molecule has 1 aromatic heterocycles. The van der Waals surface area contributed by atoms with Crippen molar-refractivity contribution in [1.82, 2.24) is 10.6 Å². The number of hydrogen-bond donors (Lipinski definition) is 2. The lowest BCUT2D eigenvalue weighted by Crippen LogP contribution is -2.43. The van der Waals surface area contributed by atoms with Crippen LogP contribution in [-0.2, 0) is 4.74 Å². The van der Waals surface area contributed by atoms with E-state index in [4.69, 9.17) is 9.15 Å². The third-order valence-corrected chi connectivity index (χ3v) is 5.23. The molecule has 2 aliphatic rings. The number of furan rings is 1. The summed E-state index contributed by atoms with van der Waals surface area (Å²) in [6, 6.07) is 11.5. The highest BCUT2D eigenvalue weighted by molar-refractivity contribution is 5.94. The van der Waals surface area contributed by atoms with Gasteiger partial charge in [-0.3, -0.25) is 4.79 Å². The molecule has 1 spiro atoms. The largest absolute Gasteiger partial charge is 0.461 e. The van der Waals surface area contributed by atoms with Crippen molar-refractivity contribution in [2.45, 2.75) is 37.8 Å². The van der Waals surface area contributed by atoms with Gasteiger partial charge in [0, 0.05) is 11.1 Å². The standard InChI is InChI=1S/C20H24N2O3/c1-14-2-7-18(25-14)15-3-5-16(6-4-15)19(23)22-17-12-20(24-13-17)8-10-21-11-9-20/h2-7,17,21H,8-13H2,1H3,(H,22,23). The second-order valence-corrected chi connectivity index (χ2v) is 7.11. The van der Waals surface area contributed by atoms with Gasteiger partial charge in [-0.05, 0) is 63.5 Å². The molecular weight excluding hydrogens is 316 g/mol. The zero-order valence-electron chi connectivity index (χ0n) is 14.5. The number of benzene rings is 1. The van der Waals surface area contributed by atoms with Gasteiger partial charge in [0.15, 0.2) is 0 Å². The predicted octanol–water partition coefficient (Wildman–Crippen LogP) is 2.90. The SMILES string of the molecule is Cc1ccc(-c2ccc(C(=O)NC3COC4(CCNCC4)C3)cc2)o1. The van der Waals surface area contributed by atoms with Crippen molar-refractivity contribution in [2.24, 2.45) is 0 Å². The number of carbonyl (C=O) groups is 1. The Bertz CT molecular complexity index is 745. The lowest BCUT2D eigenvalue weighted by atomic mass is 9.88. The van der Waals surface area contributed by atoms with E-state index >= 15 is 0 Å². The van der Waals surface area contributed by atoms with Gasteiger partial charge in [-0.15, -0.1) is 0 Å². The summed E-state index contributed by atoms with van der Waals surface area (Å²) in [4.78, 5) is 12.5. The van der Waals surface area contributed by atoms with Crippen LogP contribution in [0.25, 0.3) is 11.3 Å². The van der Waals surface area contributed by atoms with Crippen molar-refractivity contribution in [3.63, 3.8) is 0 Å². The zero-order valence-corrected chi connectivity index (χ0v) is 14.5. The second-order valence-electron chi connectivity index (χ2n) is 7.11. The summed E-state index contributed by atoms with van der Waals surface area (Å²) in [5, 5.41) is 6.48. The van der Waals surface area contributed by atoms with E-state index in [0.29, 0.717) is 12.2 Å². The molecule has 3 heterocycles. The summed E-state index contributed by atoms with van der Waals surface area (Å²) in [6.07, 6.45) is 2.96. The Morgan fingerprint density at radius 2 is 1.92 bits per heavy atom. The van der Waals surface area contributed by atoms with Crippen LogP contribution in [-0.4, -0.2) is 37.2 Å². The maximum atomic E-state index is 12.5. The van der Waals surface area contributed by atoms with E-state index in [9.17, 15) is 4.79 Å². The fourth-order valence-electron chi connectivity index (χ4n) is 3.81. The average Bonchev–Trinajstić information content (AvgIpc) is 3.23. The molecule has 25 heavy (non-hydrogen) atoms. The van der Waals surface area contributed by atoms with E-state index in [1.807, 2.05) is 43.3 Å². The van der Waals surface area contributed by atoms with Crippen LogP contribution in [0.15, 0.2) is 40.8 Å². The number of amides is 1. The Balaban J connectivity index is 1.38. The molecule has 5 heteroatoms. The Morgan fingerprint density at radius 1 is 1.16 bits per heavy atom.